The van der Waals surface area contributed by atoms with Crippen LogP contribution in [0.4, 0.5) is 5.69 Å². The first-order valence-corrected chi connectivity index (χ1v) is 11.9. The van der Waals surface area contributed by atoms with Crippen molar-refractivity contribution in [3.05, 3.63) is 59.7 Å². The summed E-state index contributed by atoms with van der Waals surface area (Å²) in [6.45, 7) is 6.56. The van der Waals surface area contributed by atoms with Gasteiger partial charge in [0.05, 0.1) is 24.1 Å². The summed E-state index contributed by atoms with van der Waals surface area (Å²) >= 11 is 0. The third-order valence-corrected chi connectivity index (χ3v) is 6.34. The number of methoxy groups -OCH3 is 1. The summed E-state index contributed by atoms with van der Waals surface area (Å²) in [5.74, 6) is -0.0407. The molecular weight excluding hydrogens is 446 g/mol. The van der Waals surface area contributed by atoms with E-state index in [4.69, 9.17) is 9.47 Å². The molecule has 1 aliphatic rings. The smallest absolute Gasteiger partial charge is 0.257 e. The fourth-order valence-electron chi connectivity index (χ4n) is 4.28. The number of carbonyl (C=O) groups excluding carboxylic acids is 3. The van der Waals surface area contributed by atoms with Gasteiger partial charge in [-0.3, -0.25) is 14.4 Å². The molecule has 2 aromatic carbocycles. The van der Waals surface area contributed by atoms with Crippen molar-refractivity contribution in [1.82, 2.24) is 9.80 Å². The van der Waals surface area contributed by atoms with Crippen molar-refractivity contribution in [3.63, 3.8) is 0 Å². The summed E-state index contributed by atoms with van der Waals surface area (Å²) in [4.78, 5) is 41.7. The quantitative estimate of drug-likeness (QED) is 0.725. The van der Waals surface area contributed by atoms with Gasteiger partial charge in [0.15, 0.2) is 0 Å². The van der Waals surface area contributed by atoms with Crippen molar-refractivity contribution in [2.24, 2.45) is 5.92 Å². The lowest BCUT2D eigenvalue weighted by atomic mass is 10.0. The maximum Gasteiger partial charge on any atom is 0.257 e. The first kappa shape index (κ1) is 26.2. The molecule has 0 saturated carbocycles. The minimum Gasteiger partial charge on any atom is -0.491 e. The molecule has 0 bridgehead atoms. The van der Waals surface area contributed by atoms with Crippen LogP contribution < -0.4 is 10.1 Å². The van der Waals surface area contributed by atoms with E-state index in [-0.39, 0.29) is 48.8 Å². The number of carbonyl (C=O) groups is 3. The highest BCUT2D eigenvalue weighted by molar-refractivity contribution is 5.99. The molecule has 0 radical (unpaired) electrons. The second-order valence-corrected chi connectivity index (χ2v) is 9.19. The number of benzene rings is 2. The maximum atomic E-state index is 13.4. The molecule has 2 aromatic rings. The minimum atomic E-state index is -0.254. The molecule has 8 heteroatoms. The highest BCUT2D eigenvalue weighted by atomic mass is 16.5. The van der Waals surface area contributed by atoms with E-state index in [1.165, 1.54) is 0 Å². The number of amides is 3. The third kappa shape index (κ3) is 6.82. The normalized spacial score (nSPS) is 21.3. The van der Waals surface area contributed by atoms with Gasteiger partial charge in [-0.1, -0.05) is 37.3 Å². The van der Waals surface area contributed by atoms with Gasteiger partial charge < -0.3 is 24.6 Å². The van der Waals surface area contributed by atoms with Crippen LogP contribution in [0.15, 0.2) is 48.5 Å². The predicted octanol–water partition coefficient (Wildman–Crippen LogP) is 3.22. The van der Waals surface area contributed by atoms with Crippen molar-refractivity contribution in [3.8, 4) is 5.75 Å². The second-order valence-electron chi connectivity index (χ2n) is 9.19. The Morgan fingerprint density at radius 1 is 1.11 bits per heavy atom. The Balaban J connectivity index is 1.88. The van der Waals surface area contributed by atoms with Crippen LogP contribution in [0.2, 0.25) is 0 Å². The molecule has 1 heterocycles. The number of rotatable bonds is 4. The molecule has 3 rings (SSSR count). The van der Waals surface area contributed by atoms with E-state index in [9.17, 15) is 14.4 Å². The Morgan fingerprint density at radius 3 is 2.49 bits per heavy atom. The van der Waals surface area contributed by atoms with Gasteiger partial charge in [0.25, 0.3) is 5.91 Å². The molecule has 0 aliphatic carbocycles. The SMILES string of the molecule is CO[C@H]1CN(C)C(=O)c2cc(NC(=O)Cc3ccccc3)ccc2OC[C@@H](C)N(C(C)=O)C[C@H]1C. The lowest BCUT2D eigenvalue weighted by Crippen LogP contribution is -2.48. The van der Waals surface area contributed by atoms with Crippen LogP contribution in [0.1, 0.15) is 36.7 Å². The van der Waals surface area contributed by atoms with Gasteiger partial charge >= 0.3 is 0 Å². The van der Waals surface area contributed by atoms with Gasteiger partial charge in [0, 0.05) is 45.8 Å². The third-order valence-electron chi connectivity index (χ3n) is 6.34. The largest absolute Gasteiger partial charge is 0.491 e. The molecule has 0 saturated heterocycles. The Bertz CT molecular complexity index is 1040. The van der Waals surface area contributed by atoms with Crippen LogP contribution in [0.5, 0.6) is 5.75 Å². The number of nitrogens with one attached hydrogen (secondary N) is 1. The Morgan fingerprint density at radius 2 is 1.83 bits per heavy atom. The average Bonchev–Trinajstić information content (AvgIpc) is 2.83. The van der Waals surface area contributed by atoms with Gasteiger partial charge in [-0.15, -0.1) is 0 Å². The van der Waals surface area contributed by atoms with Crippen LogP contribution in [0, 0.1) is 5.92 Å². The van der Waals surface area contributed by atoms with Crippen LogP contribution in [0.25, 0.3) is 0 Å². The van der Waals surface area contributed by atoms with Crippen molar-refractivity contribution in [2.75, 3.05) is 39.2 Å². The molecule has 0 unspecified atom stereocenters. The molecule has 1 aliphatic heterocycles. The zero-order chi connectivity index (χ0) is 25.5. The molecule has 0 aromatic heterocycles. The average molecular weight is 482 g/mol. The van der Waals surface area contributed by atoms with Gasteiger partial charge in [0.1, 0.15) is 12.4 Å². The Kier molecular flexibility index (Phi) is 8.87. The fraction of sp³-hybridized carbons (Fsp3) is 0.444. The lowest BCUT2D eigenvalue weighted by molar-refractivity contribution is -0.133. The predicted molar refractivity (Wildman–Crippen MR) is 134 cm³/mol. The van der Waals surface area contributed by atoms with Crippen molar-refractivity contribution < 1.29 is 23.9 Å². The van der Waals surface area contributed by atoms with Crippen LogP contribution >= 0.6 is 0 Å². The van der Waals surface area contributed by atoms with E-state index in [0.717, 1.165) is 5.56 Å². The van der Waals surface area contributed by atoms with E-state index in [1.807, 2.05) is 44.2 Å². The lowest BCUT2D eigenvalue weighted by Gasteiger charge is -2.35. The van der Waals surface area contributed by atoms with Crippen LogP contribution in [0.3, 0.4) is 0 Å². The Hall–Kier alpha value is -3.39. The van der Waals surface area contributed by atoms with Crippen molar-refractivity contribution >= 4 is 23.4 Å². The molecule has 3 atom stereocenters. The van der Waals surface area contributed by atoms with Gasteiger partial charge in [-0.05, 0) is 30.7 Å². The van der Waals surface area contributed by atoms with Gasteiger partial charge in [-0.2, -0.15) is 0 Å². The number of ether oxygens (including phenoxy) is 2. The van der Waals surface area contributed by atoms with E-state index < -0.39 is 0 Å². The summed E-state index contributed by atoms with van der Waals surface area (Å²) in [5, 5.41) is 2.88. The highest BCUT2D eigenvalue weighted by Crippen LogP contribution is 2.26. The molecule has 1 N–H and O–H groups in total. The Labute approximate surface area is 207 Å². The first-order valence-electron chi connectivity index (χ1n) is 11.9. The number of anilines is 1. The monoisotopic (exact) mass is 481 g/mol. The van der Waals surface area contributed by atoms with E-state index in [1.54, 1.807) is 49.1 Å². The number of fused-ring (bicyclic) bond motifs is 1. The zero-order valence-corrected chi connectivity index (χ0v) is 21.1. The minimum absolute atomic E-state index is 0.00380. The fourth-order valence-corrected chi connectivity index (χ4v) is 4.28. The first-order chi connectivity index (χ1) is 16.7. The van der Waals surface area contributed by atoms with Crippen molar-refractivity contribution in [1.29, 1.82) is 0 Å². The van der Waals surface area contributed by atoms with E-state index in [0.29, 0.717) is 30.1 Å². The molecule has 3 amide bonds. The molecular formula is C27H35N3O5. The summed E-state index contributed by atoms with van der Waals surface area (Å²) in [6, 6.07) is 14.3. The topological polar surface area (TPSA) is 88.2 Å². The number of hydrogen-bond donors (Lipinski definition) is 1. The van der Waals surface area contributed by atoms with Gasteiger partial charge in [0.2, 0.25) is 11.8 Å². The highest BCUT2D eigenvalue weighted by Gasteiger charge is 2.29. The summed E-state index contributed by atoms with van der Waals surface area (Å²) in [6.07, 6.45) is -0.0239. The number of likely N-dealkylation sites (N-methyl/N-ethyl adjacent to an activating group) is 1. The number of hydrogen-bond acceptors (Lipinski definition) is 5. The van der Waals surface area contributed by atoms with Gasteiger partial charge in [-0.25, -0.2) is 0 Å². The molecule has 35 heavy (non-hydrogen) atoms. The molecule has 0 spiro atoms. The standard InChI is InChI=1S/C27H35N3O5/c1-18-15-30(20(3)31)19(2)17-35-24-12-11-22(28-26(32)13-21-9-7-6-8-10-21)14-23(24)27(33)29(4)16-25(18)34-5/h6-12,14,18-19,25H,13,15-17H2,1-5H3,(H,28,32)/t18-,19-,25+/m1/s1. The van der Waals surface area contributed by atoms with Crippen LogP contribution in [-0.2, 0) is 20.7 Å². The number of nitrogens with zero attached hydrogens (tertiary/aromatic N) is 2. The molecule has 188 valence electrons. The molecule has 0 fully saturated rings. The summed E-state index contributed by atoms with van der Waals surface area (Å²) in [7, 11) is 3.33. The van der Waals surface area contributed by atoms with E-state index in [2.05, 4.69) is 5.32 Å². The van der Waals surface area contributed by atoms with Crippen LogP contribution in [-0.4, -0.2) is 73.5 Å². The van der Waals surface area contributed by atoms with Crippen molar-refractivity contribution in [2.45, 2.75) is 39.3 Å². The zero-order valence-electron chi connectivity index (χ0n) is 21.1. The second kappa shape index (κ2) is 11.8. The summed E-state index contributed by atoms with van der Waals surface area (Å²) in [5.41, 5.74) is 1.76. The summed E-state index contributed by atoms with van der Waals surface area (Å²) < 4.78 is 11.7. The maximum absolute atomic E-state index is 13.4. The van der Waals surface area contributed by atoms with E-state index >= 15 is 0 Å². The molecule has 8 nitrogen and oxygen atoms in total.